The Morgan fingerprint density at radius 2 is 2.33 bits per heavy atom. The first-order chi connectivity index (χ1) is 7.00. The second-order valence-corrected chi connectivity index (χ2v) is 4.85. The number of rotatable bonds is 5. The van der Waals surface area contributed by atoms with Gasteiger partial charge >= 0.3 is 0 Å². The maximum atomic E-state index is 7.36. The minimum Gasteiger partial charge on any atom is -0.387 e. The third kappa shape index (κ3) is 3.80. The number of likely N-dealkylation sites (N-methyl/N-ethyl adjacent to an activating group) is 2. The fourth-order valence-corrected chi connectivity index (χ4v) is 2.21. The van der Waals surface area contributed by atoms with Crippen LogP contribution in [0.15, 0.2) is 0 Å². The predicted octanol–water partition coefficient (Wildman–Crippen LogP) is 0.584. The zero-order valence-electron chi connectivity index (χ0n) is 10.2. The average Bonchev–Trinajstić information content (AvgIpc) is 2.51. The van der Waals surface area contributed by atoms with Gasteiger partial charge in [0.05, 0.1) is 5.84 Å². The molecule has 4 heteroatoms. The molecule has 1 heterocycles. The fraction of sp³-hybridized carbons (Fsp3) is 0.909. The van der Waals surface area contributed by atoms with Crippen LogP contribution in [-0.2, 0) is 0 Å². The second kappa shape index (κ2) is 5.47. The van der Waals surface area contributed by atoms with E-state index in [4.69, 9.17) is 11.1 Å². The van der Waals surface area contributed by atoms with Crippen LogP contribution in [0.1, 0.15) is 19.8 Å². The van der Waals surface area contributed by atoms with Gasteiger partial charge in [-0.05, 0) is 33.5 Å². The van der Waals surface area contributed by atoms with Gasteiger partial charge in [0.25, 0.3) is 0 Å². The van der Waals surface area contributed by atoms with Crippen LogP contribution in [0.5, 0.6) is 0 Å². The molecule has 2 atom stereocenters. The summed E-state index contributed by atoms with van der Waals surface area (Å²) in [4.78, 5) is 4.72. The zero-order valence-corrected chi connectivity index (χ0v) is 10.2. The van der Waals surface area contributed by atoms with Crippen molar-refractivity contribution in [3.05, 3.63) is 0 Å². The Morgan fingerprint density at radius 1 is 1.67 bits per heavy atom. The van der Waals surface area contributed by atoms with Crippen molar-refractivity contribution < 1.29 is 0 Å². The quantitative estimate of drug-likeness (QED) is 0.518. The summed E-state index contributed by atoms with van der Waals surface area (Å²) < 4.78 is 0. The Labute approximate surface area is 92.9 Å². The van der Waals surface area contributed by atoms with Crippen molar-refractivity contribution in [1.82, 2.24) is 9.80 Å². The summed E-state index contributed by atoms with van der Waals surface area (Å²) in [5.74, 6) is 0.461. The Hall–Kier alpha value is -0.610. The first kappa shape index (κ1) is 12.5. The van der Waals surface area contributed by atoms with Crippen LogP contribution in [0.2, 0.25) is 0 Å². The topological polar surface area (TPSA) is 56.4 Å². The molecular formula is C11H24N4. The van der Waals surface area contributed by atoms with Crippen LogP contribution < -0.4 is 5.73 Å². The molecule has 0 aromatic heterocycles. The van der Waals surface area contributed by atoms with Crippen molar-refractivity contribution in [3.63, 3.8) is 0 Å². The third-order valence-electron chi connectivity index (χ3n) is 3.31. The van der Waals surface area contributed by atoms with Crippen molar-refractivity contribution in [2.45, 2.75) is 25.8 Å². The standard InChI is InChI=1S/C11H24N4/c1-9(11(12)13)7-14(2)8-10-5-4-6-15(10)3/h9-10H,4-8H2,1-3H3,(H3,12,13). The number of nitrogens with zero attached hydrogens (tertiary/aromatic N) is 2. The SMILES string of the molecule is CC(CN(C)CC1CCCN1C)C(=N)N. The fourth-order valence-electron chi connectivity index (χ4n) is 2.21. The van der Waals surface area contributed by atoms with E-state index in [0.717, 1.165) is 13.1 Å². The largest absolute Gasteiger partial charge is 0.387 e. The van der Waals surface area contributed by atoms with Crippen LogP contribution in [0.4, 0.5) is 0 Å². The van der Waals surface area contributed by atoms with Gasteiger partial charge in [0.2, 0.25) is 0 Å². The van der Waals surface area contributed by atoms with Gasteiger partial charge in [-0.3, -0.25) is 5.41 Å². The van der Waals surface area contributed by atoms with Crippen LogP contribution in [0.3, 0.4) is 0 Å². The molecule has 1 fully saturated rings. The molecule has 1 rings (SSSR count). The Kier molecular flexibility index (Phi) is 4.54. The summed E-state index contributed by atoms with van der Waals surface area (Å²) in [5, 5.41) is 7.36. The lowest BCUT2D eigenvalue weighted by Gasteiger charge is -2.27. The highest BCUT2D eigenvalue weighted by Crippen LogP contribution is 2.15. The van der Waals surface area contributed by atoms with Gasteiger partial charge in [-0.15, -0.1) is 0 Å². The van der Waals surface area contributed by atoms with Crippen LogP contribution in [0.25, 0.3) is 0 Å². The van der Waals surface area contributed by atoms with Crippen LogP contribution in [0, 0.1) is 11.3 Å². The number of nitrogens with two attached hydrogens (primary N) is 1. The first-order valence-corrected chi connectivity index (χ1v) is 5.73. The van der Waals surface area contributed by atoms with Crippen molar-refractivity contribution in [2.75, 3.05) is 33.7 Å². The first-order valence-electron chi connectivity index (χ1n) is 5.73. The molecule has 0 amide bonds. The van der Waals surface area contributed by atoms with Crippen LogP contribution >= 0.6 is 0 Å². The Morgan fingerprint density at radius 3 is 2.80 bits per heavy atom. The molecule has 0 saturated carbocycles. The van der Waals surface area contributed by atoms with Gasteiger partial charge < -0.3 is 15.5 Å². The smallest absolute Gasteiger partial charge is 0.0947 e. The number of hydrogen-bond donors (Lipinski definition) is 2. The highest BCUT2D eigenvalue weighted by molar-refractivity contribution is 5.79. The molecule has 1 aliphatic rings. The monoisotopic (exact) mass is 212 g/mol. The van der Waals surface area contributed by atoms with Gasteiger partial charge in [0.1, 0.15) is 0 Å². The summed E-state index contributed by atoms with van der Waals surface area (Å²) in [6.07, 6.45) is 2.62. The van der Waals surface area contributed by atoms with Crippen LogP contribution in [-0.4, -0.2) is 55.4 Å². The molecule has 1 saturated heterocycles. The molecule has 0 aliphatic carbocycles. The average molecular weight is 212 g/mol. The molecule has 0 radical (unpaired) electrons. The molecule has 0 aromatic rings. The van der Waals surface area contributed by atoms with Crippen molar-refractivity contribution >= 4 is 5.84 Å². The molecule has 0 aromatic carbocycles. The Balaban J connectivity index is 2.29. The lowest BCUT2D eigenvalue weighted by molar-refractivity contribution is 0.213. The molecular weight excluding hydrogens is 188 g/mol. The summed E-state index contributed by atoms with van der Waals surface area (Å²) in [6.45, 7) is 5.21. The maximum absolute atomic E-state index is 7.36. The van der Waals surface area contributed by atoms with E-state index in [-0.39, 0.29) is 5.92 Å². The number of hydrogen-bond acceptors (Lipinski definition) is 3. The van der Waals surface area contributed by atoms with Crippen molar-refractivity contribution in [1.29, 1.82) is 5.41 Å². The Bertz CT molecular complexity index is 217. The lowest BCUT2D eigenvalue weighted by Crippen LogP contribution is -2.40. The summed E-state index contributed by atoms with van der Waals surface area (Å²) in [7, 11) is 4.31. The van der Waals surface area contributed by atoms with E-state index in [1.807, 2.05) is 6.92 Å². The second-order valence-electron chi connectivity index (χ2n) is 4.85. The normalized spacial score (nSPS) is 24.7. The molecule has 1 aliphatic heterocycles. The molecule has 3 N–H and O–H groups in total. The van der Waals surface area contributed by atoms with Crippen molar-refractivity contribution in [3.8, 4) is 0 Å². The van der Waals surface area contributed by atoms with E-state index in [1.54, 1.807) is 0 Å². The van der Waals surface area contributed by atoms with E-state index >= 15 is 0 Å². The highest BCUT2D eigenvalue weighted by atomic mass is 15.2. The van der Waals surface area contributed by atoms with Gasteiger partial charge in [-0.2, -0.15) is 0 Å². The van der Waals surface area contributed by atoms with E-state index in [1.165, 1.54) is 19.4 Å². The minimum absolute atomic E-state index is 0.168. The molecule has 0 spiro atoms. The number of nitrogens with one attached hydrogen (secondary N) is 1. The maximum Gasteiger partial charge on any atom is 0.0947 e. The van der Waals surface area contributed by atoms with E-state index in [2.05, 4.69) is 23.9 Å². The van der Waals surface area contributed by atoms with E-state index < -0.39 is 0 Å². The number of likely N-dealkylation sites (tertiary alicyclic amines) is 1. The summed E-state index contributed by atoms with van der Waals surface area (Å²) in [6, 6.07) is 0.689. The third-order valence-corrected chi connectivity index (χ3v) is 3.31. The molecule has 15 heavy (non-hydrogen) atoms. The lowest BCUT2D eigenvalue weighted by atomic mass is 10.1. The molecule has 88 valence electrons. The number of amidine groups is 1. The molecule has 2 unspecified atom stereocenters. The highest BCUT2D eigenvalue weighted by Gasteiger charge is 2.22. The van der Waals surface area contributed by atoms with Gasteiger partial charge in [-0.25, -0.2) is 0 Å². The van der Waals surface area contributed by atoms with E-state index in [0.29, 0.717) is 11.9 Å². The summed E-state index contributed by atoms with van der Waals surface area (Å²) in [5.41, 5.74) is 5.47. The predicted molar refractivity (Wildman–Crippen MR) is 64.2 cm³/mol. The molecule has 0 bridgehead atoms. The van der Waals surface area contributed by atoms with Gasteiger partial charge in [0.15, 0.2) is 0 Å². The van der Waals surface area contributed by atoms with Gasteiger partial charge in [-0.1, -0.05) is 6.92 Å². The zero-order chi connectivity index (χ0) is 11.4. The summed E-state index contributed by atoms with van der Waals surface area (Å²) >= 11 is 0. The van der Waals surface area contributed by atoms with Crippen molar-refractivity contribution in [2.24, 2.45) is 11.7 Å². The van der Waals surface area contributed by atoms with E-state index in [9.17, 15) is 0 Å². The molecule has 4 nitrogen and oxygen atoms in total. The minimum atomic E-state index is 0.168. The van der Waals surface area contributed by atoms with Gasteiger partial charge in [0, 0.05) is 25.0 Å².